The molecule has 0 saturated heterocycles. The maximum absolute atomic E-state index is 5.44. The number of hydrogen-bond donors (Lipinski definition) is 0. The summed E-state index contributed by atoms with van der Waals surface area (Å²) < 4.78 is 5.44. The summed E-state index contributed by atoms with van der Waals surface area (Å²) in [6, 6.07) is 12.9. The predicted octanol–water partition coefficient (Wildman–Crippen LogP) is 3.29. The van der Waals surface area contributed by atoms with Crippen molar-refractivity contribution in [1.29, 1.82) is 0 Å². The van der Waals surface area contributed by atoms with Crippen molar-refractivity contribution in [2.45, 2.75) is 0 Å². The van der Waals surface area contributed by atoms with Gasteiger partial charge in [-0.1, -0.05) is 18.2 Å². The highest BCUT2D eigenvalue weighted by Gasteiger charge is 2.05. The van der Waals surface area contributed by atoms with Crippen LogP contribution in [0.25, 0.3) is 22.1 Å². The standard InChI is InChI=1S/C13H8NO/c1-3-10-6-8-15-13(10)12(5-1)11-4-2-7-14-9-11/h1-4,6-9H. The minimum atomic E-state index is 0.866. The van der Waals surface area contributed by atoms with E-state index >= 15 is 0 Å². The monoisotopic (exact) mass is 194 g/mol. The Balaban J connectivity index is 2.31. The van der Waals surface area contributed by atoms with Crippen LogP contribution >= 0.6 is 0 Å². The van der Waals surface area contributed by atoms with Crippen molar-refractivity contribution >= 4 is 11.0 Å². The number of fused-ring (bicyclic) bond motifs is 1. The second kappa shape index (κ2) is 3.24. The average Bonchev–Trinajstić information content (AvgIpc) is 2.78. The fourth-order valence-corrected chi connectivity index (χ4v) is 1.66. The molecular formula is C13H8NO. The number of hydrogen-bond acceptors (Lipinski definition) is 2. The quantitative estimate of drug-likeness (QED) is 0.594. The van der Waals surface area contributed by atoms with Gasteiger partial charge in [0.2, 0.25) is 0 Å². The second-order valence-corrected chi connectivity index (χ2v) is 3.30. The molecule has 0 atom stereocenters. The van der Waals surface area contributed by atoms with Crippen LogP contribution in [-0.4, -0.2) is 4.98 Å². The Bertz CT molecular complexity index is 584. The summed E-state index contributed by atoms with van der Waals surface area (Å²) in [7, 11) is 0. The Kier molecular flexibility index (Phi) is 1.78. The molecule has 0 saturated carbocycles. The van der Waals surface area contributed by atoms with Crippen LogP contribution in [0.4, 0.5) is 0 Å². The van der Waals surface area contributed by atoms with E-state index in [1.165, 1.54) is 0 Å². The molecule has 0 aliphatic heterocycles. The number of pyridine rings is 1. The summed E-state index contributed by atoms with van der Waals surface area (Å²) in [4.78, 5) is 4.09. The van der Waals surface area contributed by atoms with Gasteiger partial charge >= 0.3 is 0 Å². The van der Waals surface area contributed by atoms with Crippen LogP contribution in [0.3, 0.4) is 0 Å². The zero-order valence-electron chi connectivity index (χ0n) is 7.97. The first kappa shape index (κ1) is 8.24. The van der Waals surface area contributed by atoms with Crippen LogP contribution in [-0.2, 0) is 0 Å². The first-order valence-electron chi connectivity index (χ1n) is 4.73. The molecule has 0 spiro atoms. The van der Waals surface area contributed by atoms with Gasteiger partial charge in [-0.25, -0.2) is 0 Å². The second-order valence-electron chi connectivity index (χ2n) is 3.30. The van der Waals surface area contributed by atoms with Gasteiger partial charge in [0.1, 0.15) is 5.58 Å². The average molecular weight is 194 g/mol. The van der Waals surface area contributed by atoms with Crippen molar-refractivity contribution < 1.29 is 4.42 Å². The fourth-order valence-electron chi connectivity index (χ4n) is 1.66. The number of aromatic nitrogens is 1. The Hall–Kier alpha value is -2.09. The Morgan fingerprint density at radius 1 is 1.20 bits per heavy atom. The largest absolute Gasteiger partial charge is 0.464 e. The molecule has 2 heteroatoms. The van der Waals surface area contributed by atoms with Crippen LogP contribution in [0.1, 0.15) is 0 Å². The maximum Gasteiger partial charge on any atom is 0.142 e. The summed E-state index contributed by atoms with van der Waals surface area (Å²) in [6.07, 6.45) is 5.26. The summed E-state index contributed by atoms with van der Waals surface area (Å²) in [6.45, 7) is 0. The highest BCUT2D eigenvalue weighted by atomic mass is 16.3. The number of nitrogens with zero attached hydrogens (tertiary/aromatic N) is 1. The lowest BCUT2D eigenvalue weighted by molar-refractivity contribution is 0.617. The van der Waals surface area contributed by atoms with Gasteiger partial charge in [0.15, 0.2) is 0 Å². The normalized spacial score (nSPS) is 10.7. The molecule has 0 amide bonds. The van der Waals surface area contributed by atoms with E-state index in [4.69, 9.17) is 4.42 Å². The van der Waals surface area contributed by atoms with Crippen LogP contribution in [0.2, 0.25) is 0 Å². The SMILES string of the molecule is [c]1ccc2ccoc2c1-c1cccnc1. The van der Waals surface area contributed by atoms with Crippen molar-refractivity contribution in [2.75, 3.05) is 0 Å². The van der Waals surface area contributed by atoms with E-state index in [-0.39, 0.29) is 0 Å². The molecule has 15 heavy (non-hydrogen) atoms. The van der Waals surface area contributed by atoms with Gasteiger partial charge in [-0.2, -0.15) is 0 Å². The Labute approximate surface area is 87.2 Å². The molecular weight excluding hydrogens is 186 g/mol. The Morgan fingerprint density at radius 3 is 3.07 bits per heavy atom. The van der Waals surface area contributed by atoms with Crippen molar-refractivity contribution in [3.63, 3.8) is 0 Å². The van der Waals surface area contributed by atoms with Gasteiger partial charge in [-0.15, -0.1) is 0 Å². The van der Waals surface area contributed by atoms with Gasteiger partial charge in [0, 0.05) is 28.9 Å². The molecule has 1 aromatic carbocycles. The van der Waals surface area contributed by atoms with Gasteiger partial charge in [0.25, 0.3) is 0 Å². The summed E-state index contributed by atoms with van der Waals surface area (Å²) in [5.41, 5.74) is 2.86. The number of furan rings is 1. The van der Waals surface area contributed by atoms with Crippen LogP contribution in [0.5, 0.6) is 0 Å². The van der Waals surface area contributed by atoms with Gasteiger partial charge in [-0.3, -0.25) is 4.98 Å². The Morgan fingerprint density at radius 2 is 2.20 bits per heavy atom. The zero-order valence-corrected chi connectivity index (χ0v) is 7.97. The lowest BCUT2D eigenvalue weighted by Gasteiger charge is -2.00. The molecule has 2 aromatic heterocycles. The number of benzene rings is 1. The summed E-state index contributed by atoms with van der Waals surface area (Å²) in [5.74, 6) is 0. The first-order valence-corrected chi connectivity index (χ1v) is 4.73. The van der Waals surface area contributed by atoms with E-state index in [1.54, 1.807) is 12.5 Å². The molecule has 0 aliphatic rings. The third-order valence-electron chi connectivity index (χ3n) is 2.36. The van der Waals surface area contributed by atoms with E-state index in [1.807, 2.05) is 36.5 Å². The van der Waals surface area contributed by atoms with E-state index in [0.29, 0.717) is 0 Å². The predicted molar refractivity (Wildman–Crippen MR) is 58.3 cm³/mol. The molecule has 1 radical (unpaired) electrons. The minimum absolute atomic E-state index is 0.866. The van der Waals surface area contributed by atoms with E-state index in [9.17, 15) is 0 Å². The highest BCUT2D eigenvalue weighted by Crippen LogP contribution is 2.27. The van der Waals surface area contributed by atoms with Crippen molar-refractivity contribution in [2.24, 2.45) is 0 Å². The summed E-state index contributed by atoms with van der Waals surface area (Å²) in [5, 5.41) is 1.09. The molecule has 0 aliphatic carbocycles. The highest BCUT2D eigenvalue weighted by molar-refractivity contribution is 5.91. The third-order valence-corrected chi connectivity index (χ3v) is 2.36. The van der Waals surface area contributed by atoms with Crippen molar-refractivity contribution in [3.05, 3.63) is 55.1 Å². The van der Waals surface area contributed by atoms with Crippen molar-refractivity contribution in [1.82, 2.24) is 4.98 Å². The van der Waals surface area contributed by atoms with Gasteiger partial charge < -0.3 is 4.42 Å². The summed E-state index contributed by atoms with van der Waals surface area (Å²) >= 11 is 0. The fraction of sp³-hybridized carbons (Fsp3) is 0. The lowest BCUT2D eigenvalue weighted by atomic mass is 10.1. The molecule has 0 fully saturated rings. The number of rotatable bonds is 1. The zero-order chi connectivity index (χ0) is 10.1. The molecule has 2 nitrogen and oxygen atoms in total. The molecule has 3 aromatic rings. The molecule has 0 bridgehead atoms. The molecule has 3 rings (SSSR count). The molecule has 0 unspecified atom stereocenters. The third kappa shape index (κ3) is 1.31. The topological polar surface area (TPSA) is 26.0 Å². The maximum atomic E-state index is 5.44. The minimum Gasteiger partial charge on any atom is -0.464 e. The van der Waals surface area contributed by atoms with E-state index in [2.05, 4.69) is 11.1 Å². The first-order chi connectivity index (χ1) is 7.45. The lowest BCUT2D eigenvalue weighted by Crippen LogP contribution is -1.79. The molecule has 0 N–H and O–H groups in total. The smallest absolute Gasteiger partial charge is 0.142 e. The van der Waals surface area contributed by atoms with Crippen molar-refractivity contribution in [3.8, 4) is 11.1 Å². The van der Waals surface area contributed by atoms with Gasteiger partial charge in [0.05, 0.1) is 6.26 Å². The van der Waals surface area contributed by atoms with E-state index in [0.717, 1.165) is 22.1 Å². The van der Waals surface area contributed by atoms with Crippen LogP contribution < -0.4 is 0 Å². The van der Waals surface area contributed by atoms with Gasteiger partial charge in [-0.05, 0) is 18.2 Å². The van der Waals surface area contributed by atoms with Crippen LogP contribution in [0.15, 0.2) is 53.4 Å². The van der Waals surface area contributed by atoms with Crippen LogP contribution in [0, 0.1) is 6.07 Å². The van der Waals surface area contributed by atoms with E-state index < -0.39 is 0 Å². The molecule has 2 heterocycles. The molecule has 71 valence electrons.